The number of rotatable bonds is 3. The quantitative estimate of drug-likeness (QED) is 0.564. The molecule has 4 aliphatic rings. The molecule has 2 aromatic rings. The van der Waals surface area contributed by atoms with Crippen LogP contribution in [0.25, 0.3) is 0 Å². The molecule has 0 saturated carbocycles. The molecule has 6 rings (SSSR count). The number of piperazine rings is 1. The van der Waals surface area contributed by atoms with Gasteiger partial charge in [-0.25, -0.2) is 4.68 Å². The third-order valence-corrected chi connectivity index (χ3v) is 8.07. The fourth-order valence-corrected chi connectivity index (χ4v) is 5.91. The molecule has 4 aliphatic heterocycles. The monoisotopic (exact) mass is 539 g/mol. The molecule has 4 atom stereocenters. The van der Waals surface area contributed by atoms with E-state index >= 15 is 0 Å². The van der Waals surface area contributed by atoms with E-state index in [1.54, 1.807) is 11.0 Å². The maximum atomic E-state index is 13.5. The number of para-hydroxylation sites is 1. The molecule has 210 valence electrons. The number of hydrogen-bond acceptors (Lipinski definition) is 9. The summed E-state index contributed by atoms with van der Waals surface area (Å²) in [5, 5.41) is 15.2. The summed E-state index contributed by atoms with van der Waals surface area (Å²) in [7, 11) is 0. The van der Waals surface area contributed by atoms with Crippen molar-refractivity contribution in [3.05, 3.63) is 41.7 Å². The van der Waals surface area contributed by atoms with Crippen LogP contribution in [0.3, 0.4) is 0 Å². The number of morpholine rings is 1. The lowest BCUT2D eigenvalue weighted by molar-refractivity contribution is -0.129. The summed E-state index contributed by atoms with van der Waals surface area (Å²) in [5.74, 6) is 0.161. The predicted molar refractivity (Wildman–Crippen MR) is 140 cm³/mol. The third-order valence-electron chi connectivity index (χ3n) is 8.07. The van der Waals surface area contributed by atoms with Crippen LogP contribution in [0.15, 0.2) is 30.5 Å². The van der Waals surface area contributed by atoms with Gasteiger partial charge in [-0.1, -0.05) is 17.3 Å². The Morgan fingerprint density at radius 1 is 1.00 bits per heavy atom. The van der Waals surface area contributed by atoms with Gasteiger partial charge in [-0.15, -0.1) is 5.10 Å². The van der Waals surface area contributed by atoms with Gasteiger partial charge in [-0.05, 0) is 25.0 Å². The molecule has 12 nitrogen and oxygen atoms in total. The highest BCUT2D eigenvalue weighted by molar-refractivity contribution is 6.00. The van der Waals surface area contributed by atoms with Crippen LogP contribution >= 0.6 is 0 Å². The number of nitrogens with one attached hydrogen (secondary N) is 2. The van der Waals surface area contributed by atoms with E-state index in [1.165, 1.54) is 0 Å². The molecule has 1 aromatic heterocycles. The van der Waals surface area contributed by atoms with Crippen molar-refractivity contribution in [1.29, 1.82) is 0 Å². The molecule has 5 heterocycles. The molecular formula is C27H37N7O5. The molecule has 0 aliphatic carbocycles. The molecule has 2 amide bonds. The molecule has 1 aromatic carbocycles. The lowest BCUT2D eigenvalue weighted by Crippen LogP contribution is -2.60. The zero-order chi connectivity index (χ0) is 26.6. The summed E-state index contributed by atoms with van der Waals surface area (Å²) in [4.78, 5) is 30.9. The second kappa shape index (κ2) is 12.0. The summed E-state index contributed by atoms with van der Waals surface area (Å²) in [5.41, 5.74) is 1.40. The number of aromatic nitrogens is 3. The molecule has 3 saturated heterocycles. The highest BCUT2D eigenvalue weighted by Gasteiger charge is 2.37. The van der Waals surface area contributed by atoms with E-state index in [0.29, 0.717) is 50.5 Å². The molecule has 0 spiro atoms. The predicted octanol–water partition coefficient (Wildman–Crippen LogP) is 0.212. The van der Waals surface area contributed by atoms with Gasteiger partial charge in [0.2, 0.25) is 5.91 Å². The van der Waals surface area contributed by atoms with Crippen molar-refractivity contribution in [2.24, 2.45) is 0 Å². The Balaban J connectivity index is 1.21. The summed E-state index contributed by atoms with van der Waals surface area (Å²) >= 11 is 0. The largest absolute Gasteiger partial charge is 0.493 e. The normalized spacial score (nSPS) is 29.0. The van der Waals surface area contributed by atoms with Crippen molar-refractivity contribution >= 4 is 11.8 Å². The first-order chi connectivity index (χ1) is 19.2. The number of fused-ring (bicyclic) bond motifs is 4. The van der Waals surface area contributed by atoms with Crippen LogP contribution in [0.2, 0.25) is 0 Å². The average Bonchev–Trinajstić information content (AvgIpc) is 3.44. The van der Waals surface area contributed by atoms with E-state index in [0.717, 1.165) is 51.4 Å². The van der Waals surface area contributed by atoms with Crippen molar-refractivity contribution in [2.45, 2.75) is 50.1 Å². The van der Waals surface area contributed by atoms with E-state index < -0.39 is 6.04 Å². The Bertz CT molecular complexity index is 1150. The first kappa shape index (κ1) is 26.2. The Labute approximate surface area is 227 Å². The van der Waals surface area contributed by atoms with Crippen LogP contribution in [-0.2, 0) is 20.8 Å². The lowest BCUT2D eigenvalue weighted by atomic mass is 9.96. The lowest BCUT2D eigenvalue weighted by Gasteiger charge is -2.39. The van der Waals surface area contributed by atoms with Crippen molar-refractivity contribution in [2.75, 3.05) is 59.1 Å². The van der Waals surface area contributed by atoms with Gasteiger partial charge in [0, 0.05) is 52.2 Å². The molecule has 2 bridgehead atoms. The van der Waals surface area contributed by atoms with Gasteiger partial charge >= 0.3 is 0 Å². The van der Waals surface area contributed by atoms with Crippen molar-refractivity contribution in [3.63, 3.8) is 0 Å². The van der Waals surface area contributed by atoms with Gasteiger partial charge in [0.15, 0.2) is 0 Å². The Hall–Kier alpha value is -3.06. The van der Waals surface area contributed by atoms with Crippen LogP contribution in [0.5, 0.6) is 5.75 Å². The van der Waals surface area contributed by atoms with Crippen LogP contribution in [0.4, 0.5) is 0 Å². The van der Waals surface area contributed by atoms with Gasteiger partial charge in [0.1, 0.15) is 11.8 Å². The summed E-state index contributed by atoms with van der Waals surface area (Å²) < 4.78 is 20.0. The van der Waals surface area contributed by atoms with Gasteiger partial charge in [-0.2, -0.15) is 0 Å². The van der Waals surface area contributed by atoms with Crippen molar-refractivity contribution in [1.82, 2.24) is 35.4 Å². The molecular weight excluding hydrogens is 502 g/mol. The molecule has 39 heavy (non-hydrogen) atoms. The van der Waals surface area contributed by atoms with Crippen LogP contribution < -0.4 is 15.4 Å². The summed E-state index contributed by atoms with van der Waals surface area (Å²) in [6, 6.07) is 6.60. The molecule has 0 unspecified atom stereocenters. The Morgan fingerprint density at radius 2 is 1.87 bits per heavy atom. The van der Waals surface area contributed by atoms with E-state index in [1.807, 2.05) is 29.1 Å². The second-order valence-electron chi connectivity index (χ2n) is 10.6. The molecule has 12 heteroatoms. The van der Waals surface area contributed by atoms with E-state index in [2.05, 4.69) is 25.8 Å². The van der Waals surface area contributed by atoms with E-state index in [9.17, 15) is 9.59 Å². The molecule has 0 radical (unpaired) electrons. The maximum Gasteiger partial charge on any atom is 0.258 e. The van der Waals surface area contributed by atoms with Gasteiger partial charge in [-0.3, -0.25) is 14.5 Å². The van der Waals surface area contributed by atoms with E-state index in [4.69, 9.17) is 14.2 Å². The Morgan fingerprint density at radius 3 is 2.77 bits per heavy atom. The minimum atomic E-state index is -0.619. The van der Waals surface area contributed by atoms with E-state index in [-0.39, 0.29) is 30.1 Å². The highest BCUT2D eigenvalue weighted by atomic mass is 16.5. The smallest absolute Gasteiger partial charge is 0.258 e. The standard InChI is InChI=1S/C27H37N7O5/c35-26-23-15-28-8-9-33(23)27(36)21-3-1-2-4-24(21)38-12-7-20-5-6-22(25(39-20)16-29-26)34-18-19(30-31-34)17-32-10-13-37-14-11-32/h1-4,18,20,22-23,25,28H,5-17H2,(H,29,35)/t20-,22+,23-,25+/m0/s1. The number of amides is 2. The highest BCUT2D eigenvalue weighted by Crippen LogP contribution is 2.31. The minimum absolute atomic E-state index is 0.0156. The zero-order valence-corrected chi connectivity index (χ0v) is 22.2. The van der Waals surface area contributed by atoms with Crippen LogP contribution in [0.1, 0.15) is 41.4 Å². The third kappa shape index (κ3) is 5.93. The van der Waals surface area contributed by atoms with Crippen molar-refractivity contribution in [3.8, 4) is 5.75 Å². The topological polar surface area (TPSA) is 123 Å². The maximum absolute atomic E-state index is 13.5. The molecule has 3 fully saturated rings. The Kier molecular flexibility index (Phi) is 8.05. The summed E-state index contributed by atoms with van der Waals surface area (Å²) in [6.07, 6.45) is 4.10. The number of ether oxygens (including phenoxy) is 3. The van der Waals surface area contributed by atoms with Crippen LogP contribution in [0, 0.1) is 0 Å². The van der Waals surface area contributed by atoms with Gasteiger partial charge < -0.3 is 29.7 Å². The number of hydrogen-bond donors (Lipinski definition) is 2. The molecule has 2 N–H and O–H groups in total. The van der Waals surface area contributed by atoms with Gasteiger partial charge in [0.25, 0.3) is 5.91 Å². The number of nitrogens with zero attached hydrogens (tertiary/aromatic N) is 5. The fourth-order valence-electron chi connectivity index (χ4n) is 5.91. The number of benzene rings is 1. The first-order valence-corrected chi connectivity index (χ1v) is 14.0. The summed E-state index contributed by atoms with van der Waals surface area (Å²) in [6.45, 7) is 6.23. The van der Waals surface area contributed by atoms with Crippen LogP contribution in [-0.4, -0.2) is 114 Å². The zero-order valence-electron chi connectivity index (χ0n) is 22.2. The second-order valence-corrected chi connectivity index (χ2v) is 10.6. The number of carbonyl (C=O) groups excluding carboxylic acids is 2. The average molecular weight is 540 g/mol. The number of carbonyl (C=O) groups is 2. The van der Waals surface area contributed by atoms with Gasteiger partial charge in [0.05, 0.1) is 55.5 Å². The fraction of sp³-hybridized carbons (Fsp3) is 0.630. The first-order valence-electron chi connectivity index (χ1n) is 14.0. The minimum Gasteiger partial charge on any atom is -0.493 e. The van der Waals surface area contributed by atoms with Crippen molar-refractivity contribution < 1.29 is 23.8 Å². The SMILES string of the molecule is O=C1NC[C@H]2O[C@H](CCOc3ccccc3C(=O)N3CCNC[C@@H]13)CC[C@H]2n1cc(CN2CCOCC2)nn1.